The lowest BCUT2D eigenvalue weighted by Crippen LogP contribution is -2.14. The average molecular weight is 441 g/mol. The maximum Gasteiger partial charge on any atom is 0.240 e. The number of nitrogens with two attached hydrogens (primary N) is 1. The fourth-order valence-corrected chi connectivity index (χ4v) is 3.52. The Morgan fingerprint density at radius 1 is 1.23 bits per heavy atom. The van der Waals surface area contributed by atoms with Gasteiger partial charge in [-0.3, -0.25) is 0 Å². The molecule has 0 radical (unpaired) electrons. The van der Waals surface area contributed by atoms with Gasteiger partial charge in [0.05, 0.1) is 5.56 Å². The smallest absolute Gasteiger partial charge is 0.240 e. The number of aryl methyl sites for hydroxylation is 1. The van der Waals surface area contributed by atoms with Gasteiger partial charge in [0.2, 0.25) is 10.0 Å². The van der Waals surface area contributed by atoms with Gasteiger partial charge >= 0.3 is 0 Å². The van der Waals surface area contributed by atoms with Crippen molar-refractivity contribution >= 4 is 26.0 Å². The van der Waals surface area contributed by atoms with Gasteiger partial charge in [-0.25, -0.2) is 17.9 Å². The van der Waals surface area contributed by atoms with Gasteiger partial charge in [0.1, 0.15) is 23.0 Å². The second-order valence-corrected chi connectivity index (χ2v) is 8.03. The highest BCUT2D eigenvalue weighted by atomic mass is 79.9. The summed E-state index contributed by atoms with van der Waals surface area (Å²) in [4.78, 5) is -0.608. The van der Waals surface area contributed by atoms with Gasteiger partial charge in [-0.05, 0) is 36.2 Å². The second kappa shape index (κ2) is 6.92. The number of sulfonamides is 1. The van der Waals surface area contributed by atoms with E-state index in [1.165, 1.54) is 6.07 Å². The molecule has 0 spiro atoms. The number of aromatic nitrogens is 1. The van der Waals surface area contributed by atoms with Crippen LogP contribution in [-0.4, -0.2) is 18.7 Å². The van der Waals surface area contributed by atoms with Gasteiger partial charge in [-0.1, -0.05) is 39.3 Å². The predicted molar refractivity (Wildman–Crippen MR) is 97.1 cm³/mol. The fraction of sp³-hybridized carbons (Fsp3) is 0.118. The quantitative estimate of drug-likeness (QED) is 0.646. The van der Waals surface area contributed by atoms with E-state index in [1.54, 1.807) is 0 Å². The summed E-state index contributed by atoms with van der Waals surface area (Å²) in [5.74, 6) is -0.856. The standard InChI is InChI=1S/C17H14BrFN2O4S/c1-9-2-3-11(6-12(9)18)17-16(14(8-22)25-21-17)10-4-5-15(13(19)7-10)26(20,23)24/h2-7,22H,8H2,1H3,(H2,20,23,24). The summed E-state index contributed by atoms with van der Waals surface area (Å²) in [7, 11) is -4.18. The van der Waals surface area contributed by atoms with Crippen LogP contribution in [-0.2, 0) is 16.6 Å². The highest BCUT2D eigenvalue weighted by molar-refractivity contribution is 9.10. The third-order valence-corrected chi connectivity index (χ3v) is 5.68. The van der Waals surface area contributed by atoms with E-state index < -0.39 is 27.3 Å². The van der Waals surface area contributed by atoms with Crippen molar-refractivity contribution in [1.29, 1.82) is 0 Å². The number of primary sulfonamides is 1. The molecule has 3 rings (SSSR count). The van der Waals surface area contributed by atoms with Crippen LogP contribution >= 0.6 is 15.9 Å². The average Bonchev–Trinajstić information content (AvgIpc) is 3.00. The predicted octanol–water partition coefficient (Wildman–Crippen LogP) is 3.36. The SMILES string of the molecule is Cc1ccc(-c2noc(CO)c2-c2ccc(S(N)(=O)=O)c(F)c2)cc1Br. The lowest BCUT2D eigenvalue weighted by atomic mass is 9.98. The summed E-state index contributed by atoms with van der Waals surface area (Å²) >= 11 is 3.44. The molecule has 26 heavy (non-hydrogen) atoms. The molecule has 2 aromatic carbocycles. The molecule has 1 heterocycles. The van der Waals surface area contributed by atoms with Crippen LogP contribution in [0.5, 0.6) is 0 Å². The molecule has 0 saturated heterocycles. The van der Waals surface area contributed by atoms with Gasteiger partial charge < -0.3 is 9.63 Å². The minimum atomic E-state index is -4.18. The van der Waals surface area contributed by atoms with E-state index in [2.05, 4.69) is 21.1 Å². The van der Waals surface area contributed by atoms with E-state index in [9.17, 15) is 17.9 Å². The molecule has 0 aliphatic heterocycles. The second-order valence-electron chi connectivity index (χ2n) is 5.64. The Bertz CT molecular complexity index is 1100. The van der Waals surface area contributed by atoms with Crippen molar-refractivity contribution in [2.24, 2.45) is 5.14 Å². The normalized spacial score (nSPS) is 11.7. The summed E-state index contributed by atoms with van der Waals surface area (Å²) in [6.07, 6.45) is 0. The molecule has 0 aliphatic rings. The Kier molecular flexibility index (Phi) is 4.98. The number of hydrogen-bond acceptors (Lipinski definition) is 5. The Hall–Kier alpha value is -2.07. The maximum atomic E-state index is 14.2. The highest BCUT2D eigenvalue weighted by Gasteiger charge is 2.22. The number of hydrogen-bond donors (Lipinski definition) is 2. The topological polar surface area (TPSA) is 106 Å². The first kappa shape index (κ1) is 18.7. The van der Waals surface area contributed by atoms with Gasteiger partial charge in [-0.2, -0.15) is 0 Å². The summed E-state index contributed by atoms with van der Waals surface area (Å²) in [5.41, 5.74) is 2.80. The fourth-order valence-electron chi connectivity index (χ4n) is 2.55. The molecule has 3 N–H and O–H groups in total. The monoisotopic (exact) mass is 440 g/mol. The zero-order valence-corrected chi connectivity index (χ0v) is 15.9. The van der Waals surface area contributed by atoms with E-state index >= 15 is 0 Å². The van der Waals surface area contributed by atoms with Crippen LogP contribution in [0.1, 0.15) is 11.3 Å². The molecule has 0 bridgehead atoms. The Morgan fingerprint density at radius 2 is 1.92 bits per heavy atom. The molecular weight excluding hydrogens is 427 g/mol. The van der Waals surface area contributed by atoms with E-state index in [4.69, 9.17) is 9.66 Å². The zero-order chi connectivity index (χ0) is 19.1. The largest absolute Gasteiger partial charge is 0.388 e. The van der Waals surface area contributed by atoms with Crippen molar-refractivity contribution in [2.45, 2.75) is 18.4 Å². The van der Waals surface area contributed by atoms with Crippen molar-refractivity contribution in [2.75, 3.05) is 0 Å². The van der Waals surface area contributed by atoms with Crippen LogP contribution in [0, 0.1) is 12.7 Å². The van der Waals surface area contributed by atoms with E-state index in [0.717, 1.165) is 22.2 Å². The van der Waals surface area contributed by atoms with Crippen molar-refractivity contribution in [3.8, 4) is 22.4 Å². The van der Waals surface area contributed by atoms with E-state index in [0.29, 0.717) is 22.4 Å². The molecule has 0 atom stereocenters. The van der Waals surface area contributed by atoms with Gasteiger partial charge in [0.15, 0.2) is 5.76 Å². The van der Waals surface area contributed by atoms with E-state index in [-0.39, 0.29) is 5.76 Å². The molecule has 6 nitrogen and oxygen atoms in total. The third-order valence-electron chi connectivity index (χ3n) is 3.88. The number of halogens is 2. The van der Waals surface area contributed by atoms with Gasteiger partial charge in [0.25, 0.3) is 0 Å². The molecule has 136 valence electrons. The molecule has 9 heteroatoms. The van der Waals surface area contributed by atoms with Crippen molar-refractivity contribution in [3.05, 3.63) is 58.0 Å². The maximum absolute atomic E-state index is 14.2. The molecule has 0 amide bonds. The Balaban J connectivity index is 2.20. The highest BCUT2D eigenvalue weighted by Crippen LogP contribution is 2.37. The van der Waals surface area contributed by atoms with E-state index in [1.807, 2.05) is 25.1 Å². The van der Waals surface area contributed by atoms with Gasteiger partial charge in [-0.15, -0.1) is 0 Å². The van der Waals surface area contributed by atoms with Crippen LogP contribution in [0.15, 0.2) is 50.3 Å². The van der Waals surface area contributed by atoms with Crippen LogP contribution in [0.3, 0.4) is 0 Å². The van der Waals surface area contributed by atoms with Crippen LogP contribution in [0.25, 0.3) is 22.4 Å². The van der Waals surface area contributed by atoms with Gasteiger partial charge in [0, 0.05) is 10.0 Å². The number of aliphatic hydroxyl groups is 1. The van der Waals surface area contributed by atoms with Crippen LogP contribution < -0.4 is 5.14 Å². The first-order valence-corrected chi connectivity index (χ1v) is 9.75. The number of aliphatic hydroxyl groups excluding tert-OH is 1. The van der Waals surface area contributed by atoms with Crippen LogP contribution in [0.4, 0.5) is 4.39 Å². The van der Waals surface area contributed by atoms with Crippen molar-refractivity contribution in [1.82, 2.24) is 5.16 Å². The first-order valence-electron chi connectivity index (χ1n) is 7.41. The van der Waals surface area contributed by atoms with Crippen molar-refractivity contribution in [3.63, 3.8) is 0 Å². The molecule has 3 aromatic rings. The lowest BCUT2D eigenvalue weighted by molar-refractivity contribution is 0.230. The number of rotatable bonds is 4. The zero-order valence-electron chi connectivity index (χ0n) is 13.5. The molecule has 0 aliphatic carbocycles. The molecule has 0 fully saturated rings. The Morgan fingerprint density at radius 3 is 2.50 bits per heavy atom. The third kappa shape index (κ3) is 3.43. The molecule has 0 unspecified atom stereocenters. The molecule has 1 aromatic heterocycles. The number of benzene rings is 2. The first-order chi connectivity index (χ1) is 12.2. The summed E-state index contributed by atoms with van der Waals surface area (Å²) in [6.45, 7) is 1.48. The Labute approximate surface area is 157 Å². The number of nitrogens with zero attached hydrogens (tertiary/aromatic N) is 1. The summed E-state index contributed by atoms with van der Waals surface area (Å²) in [6, 6.07) is 9.01. The summed E-state index contributed by atoms with van der Waals surface area (Å²) < 4.78 is 43.1. The molecular formula is C17H14BrFN2O4S. The van der Waals surface area contributed by atoms with Crippen molar-refractivity contribution < 1.29 is 22.4 Å². The summed E-state index contributed by atoms with van der Waals surface area (Å²) in [5, 5.41) is 18.5. The minimum Gasteiger partial charge on any atom is -0.388 e. The minimum absolute atomic E-state index is 0.138. The lowest BCUT2D eigenvalue weighted by Gasteiger charge is -2.07. The van der Waals surface area contributed by atoms with Crippen LogP contribution in [0.2, 0.25) is 0 Å². The molecule has 0 saturated carbocycles.